The van der Waals surface area contributed by atoms with Crippen LogP contribution in [-0.4, -0.2) is 28.5 Å². The number of thiazole rings is 1. The zero-order valence-corrected chi connectivity index (χ0v) is 11.5. The summed E-state index contributed by atoms with van der Waals surface area (Å²) in [6, 6.07) is 0. The second kappa shape index (κ2) is 6.59. The Balaban J connectivity index is 2.43. The van der Waals surface area contributed by atoms with Crippen LogP contribution in [0.2, 0.25) is 0 Å². The number of amides is 1. The number of hydrogen-bond donors (Lipinski definition) is 0. The Morgan fingerprint density at radius 2 is 2.06 bits per heavy atom. The summed E-state index contributed by atoms with van der Waals surface area (Å²) in [5.41, 5.74) is 0.982. The lowest BCUT2D eigenvalue weighted by Crippen LogP contribution is -2.30. The third-order valence-corrected chi connectivity index (χ3v) is 3.75. The van der Waals surface area contributed by atoms with Crippen LogP contribution in [0.15, 0.2) is 10.2 Å². The highest BCUT2D eigenvalue weighted by atomic mass is 32.1. The number of aromatic nitrogens is 1. The first-order valence-corrected chi connectivity index (χ1v) is 6.90. The van der Waals surface area contributed by atoms with Crippen molar-refractivity contribution in [2.75, 3.05) is 13.1 Å². The van der Waals surface area contributed by atoms with Crippen LogP contribution >= 0.6 is 11.3 Å². The van der Waals surface area contributed by atoms with E-state index in [1.54, 1.807) is 4.57 Å². The lowest BCUT2D eigenvalue weighted by Gasteiger charge is -2.18. The van der Waals surface area contributed by atoms with Gasteiger partial charge >= 0.3 is 4.87 Å². The van der Waals surface area contributed by atoms with E-state index in [-0.39, 0.29) is 10.8 Å². The molecule has 0 spiro atoms. The summed E-state index contributed by atoms with van der Waals surface area (Å²) in [6.45, 7) is 8.04. The van der Waals surface area contributed by atoms with Crippen LogP contribution in [0.3, 0.4) is 0 Å². The molecular formula is C12H20N2O2S. The maximum Gasteiger partial charge on any atom is 0.307 e. The van der Waals surface area contributed by atoms with Crippen molar-refractivity contribution < 1.29 is 4.79 Å². The van der Waals surface area contributed by atoms with Gasteiger partial charge in [0, 0.05) is 37.1 Å². The van der Waals surface area contributed by atoms with Gasteiger partial charge in [-0.25, -0.2) is 0 Å². The largest absolute Gasteiger partial charge is 0.343 e. The number of carbonyl (C=O) groups excluding carboxylic acids is 1. The molecule has 0 saturated heterocycles. The number of rotatable bonds is 6. The fraction of sp³-hybridized carbons (Fsp3) is 0.667. The van der Waals surface area contributed by atoms with Crippen LogP contribution in [0.25, 0.3) is 0 Å². The van der Waals surface area contributed by atoms with Crippen molar-refractivity contribution in [2.45, 2.75) is 40.2 Å². The van der Waals surface area contributed by atoms with Crippen LogP contribution in [0.1, 0.15) is 32.4 Å². The van der Waals surface area contributed by atoms with Crippen molar-refractivity contribution in [2.24, 2.45) is 0 Å². The van der Waals surface area contributed by atoms with Gasteiger partial charge in [-0.3, -0.25) is 9.59 Å². The van der Waals surface area contributed by atoms with Gasteiger partial charge in [-0.15, -0.1) is 0 Å². The van der Waals surface area contributed by atoms with Crippen molar-refractivity contribution >= 4 is 17.2 Å². The van der Waals surface area contributed by atoms with E-state index in [4.69, 9.17) is 0 Å². The van der Waals surface area contributed by atoms with Gasteiger partial charge in [0.05, 0.1) is 0 Å². The van der Waals surface area contributed by atoms with Gasteiger partial charge in [0.2, 0.25) is 5.91 Å². The van der Waals surface area contributed by atoms with Crippen LogP contribution < -0.4 is 4.87 Å². The van der Waals surface area contributed by atoms with E-state index in [2.05, 4.69) is 0 Å². The molecule has 0 radical (unpaired) electrons. The van der Waals surface area contributed by atoms with E-state index in [1.165, 1.54) is 11.3 Å². The summed E-state index contributed by atoms with van der Waals surface area (Å²) in [7, 11) is 0. The molecule has 0 aliphatic carbocycles. The fourth-order valence-electron chi connectivity index (χ4n) is 1.80. The number of carbonyl (C=O) groups is 1. The number of aryl methyl sites for hydroxylation is 1. The molecule has 0 aliphatic heterocycles. The first kappa shape index (κ1) is 14.0. The Morgan fingerprint density at radius 3 is 2.53 bits per heavy atom. The van der Waals surface area contributed by atoms with E-state index < -0.39 is 0 Å². The molecule has 0 atom stereocenters. The molecule has 1 aromatic rings. The SMILES string of the molecule is CCN(CC)C(=O)CCCn1c(C)csc1=O. The van der Waals surface area contributed by atoms with Gasteiger partial charge in [-0.2, -0.15) is 0 Å². The van der Waals surface area contributed by atoms with Gasteiger partial charge in [0.1, 0.15) is 0 Å². The Labute approximate surface area is 106 Å². The van der Waals surface area contributed by atoms with Crippen molar-refractivity contribution in [3.8, 4) is 0 Å². The summed E-state index contributed by atoms with van der Waals surface area (Å²) in [5, 5.41) is 1.86. The molecule has 1 rings (SSSR count). The Bertz CT molecular complexity index is 418. The van der Waals surface area contributed by atoms with E-state index in [9.17, 15) is 9.59 Å². The van der Waals surface area contributed by atoms with E-state index in [0.717, 1.165) is 25.2 Å². The zero-order chi connectivity index (χ0) is 12.8. The smallest absolute Gasteiger partial charge is 0.307 e. The normalized spacial score (nSPS) is 10.5. The maximum absolute atomic E-state index is 11.7. The molecule has 0 fully saturated rings. The maximum atomic E-state index is 11.7. The van der Waals surface area contributed by atoms with Gasteiger partial charge in [-0.1, -0.05) is 11.3 Å². The summed E-state index contributed by atoms with van der Waals surface area (Å²) in [6.07, 6.45) is 1.25. The molecule has 0 unspecified atom stereocenters. The molecule has 1 heterocycles. The molecule has 5 heteroatoms. The third-order valence-electron chi connectivity index (χ3n) is 2.86. The molecule has 4 nitrogen and oxygen atoms in total. The minimum Gasteiger partial charge on any atom is -0.343 e. The second-order valence-electron chi connectivity index (χ2n) is 3.96. The average Bonchev–Trinajstić information content (AvgIpc) is 2.62. The molecule has 0 bridgehead atoms. The highest BCUT2D eigenvalue weighted by molar-refractivity contribution is 7.07. The topological polar surface area (TPSA) is 42.3 Å². The highest BCUT2D eigenvalue weighted by Gasteiger charge is 2.09. The first-order valence-electron chi connectivity index (χ1n) is 6.02. The number of nitrogens with zero attached hydrogens (tertiary/aromatic N) is 2. The van der Waals surface area contributed by atoms with Gasteiger partial charge in [0.25, 0.3) is 0 Å². The van der Waals surface area contributed by atoms with Gasteiger partial charge < -0.3 is 9.47 Å². The molecule has 0 saturated carbocycles. The van der Waals surface area contributed by atoms with Gasteiger partial charge in [-0.05, 0) is 27.2 Å². The van der Waals surface area contributed by atoms with Crippen molar-refractivity contribution in [3.05, 3.63) is 20.7 Å². The molecule has 0 aliphatic rings. The lowest BCUT2D eigenvalue weighted by atomic mass is 10.2. The monoisotopic (exact) mass is 256 g/mol. The molecule has 17 heavy (non-hydrogen) atoms. The quantitative estimate of drug-likeness (QED) is 0.779. The van der Waals surface area contributed by atoms with E-state index >= 15 is 0 Å². The van der Waals surface area contributed by atoms with Crippen LogP contribution in [-0.2, 0) is 11.3 Å². The molecular weight excluding hydrogens is 236 g/mol. The molecule has 1 amide bonds. The molecule has 0 aromatic carbocycles. The standard InChI is InChI=1S/C12H20N2O2S/c1-4-13(5-2)11(15)7-6-8-14-10(3)9-17-12(14)16/h9H,4-8H2,1-3H3. The van der Waals surface area contributed by atoms with Crippen LogP contribution in [0, 0.1) is 6.92 Å². The summed E-state index contributed by atoms with van der Waals surface area (Å²) in [5.74, 6) is 0.177. The van der Waals surface area contributed by atoms with Gasteiger partial charge in [0.15, 0.2) is 0 Å². The second-order valence-corrected chi connectivity index (χ2v) is 4.78. The minimum absolute atomic E-state index is 0.0674. The van der Waals surface area contributed by atoms with Crippen molar-refractivity contribution in [1.82, 2.24) is 9.47 Å². The zero-order valence-electron chi connectivity index (χ0n) is 10.7. The van der Waals surface area contributed by atoms with Crippen molar-refractivity contribution in [1.29, 1.82) is 0 Å². The highest BCUT2D eigenvalue weighted by Crippen LogP contribution is 2.04. The fourth-order valence-corrected chi connectivity index (χ4v) is 2.56. The van der Waals surface area contributed by atoms with E-state index in [0.29, 0.717) is 13.0 Å². The Hall–Kier alpha value is -1.10. The predicted octanol–water partition coefficient (Wildman–Crippen LogP) is 1.87. The molecule has 96 valence electrons. The molecule has 0 N–H and O–H groups in total. The first-order chi connectivity index (χ1) is 8.10. The predicted molar refractivity (Wildman–Crippen MR) is 70.5 cm³/mol. The average molecular weight is 256 g/mol. The van der Waals surface area contributed by atoms with Crippen LogP contribution in [0.4, 0.5) is 0 Å². The molecule has 1 aromatic heterocycles. The third kappa shape index (κ3) is 3.70. The summed E-state index contributed by atoms with van der Waals surface area (Å²) >= 11 is 1.22. The summed E-state index contributed by atoms with van der Waals surface area (Å²) < 4.78 is 1.74. The van der Waals surface area contributed by atoms with Crippen LogP contribution in [0.5, 0.6) is 0 Å². The lowest BCUT2D eigenvalue weighted by molar-refractivity contribution is -0.130. The Morgan fingerprint density at radius 1 is 1.41 bits per heavy atom. The summed E-state index contributed by atoms with van der Waals surface area (Å²) in [4.78, 5) is 25.1. The van der Waals surface area contributed by atoms with Crippen molar-refractivity contribution in [3.63, 3.8) is 0 Å². The number of hydrogen-bond acceptors (Lipinski definition) is 3. The minimum atomic E-state index is 0.0674. The Kier molecular flexibility index (Phi) is 5.41. The van der Waals surface area contributed by atoms with E-state index in [1.807, 2.05) is 31.1 Å².